The van der Waals surface area contributed by atoms with Gasteiger partial charge >= 0.3 is 0 Å². The van der Waals surface area contributed by atoms with Crippen LogP contribution < -0.4 is 11.1 Å². The molecular weight excluding hydrogens is 444 g/mol. The van der Waals surface area contributed by atoms with Gasteiger partial charge in [0.15, 0.2) is 12.6 Å². The van der Waals surface area contributed by atoms with Gasteiger partial charge in [-0.2, -0.15) is 0 Å². The zero-order chi connectivity index (χ0) is 24.5. The Bertz CT molecular complexity index is 586. The summed E-state index contributed by atoms with van der Waals surface area (Å²) in [6.07, 6.45) is -6.95. The molecule has 2 aliphatic rings. The van der Waals surface area contributed by atoms with Crippen LogP contribution in [0.2, 0.25) is 0 Å². The van der Waals surface area contributed by atoms with E-state index in [1.807, 2.05) is 0 Å². The second-order valence-corrected chi connectivity index (χ2v) is 8.16. The largest absolute Gasteiger partial charge is 0.394 e. The molecule has 10 unspecified atom stereocenters. The predicted octanol–water partition coefficient (Wildman–Crippen LogP) is -3.32. The molecule has 2 aliphatic heterocycles. The van der Waals surface area contributed by atoms with Crippen LogP contribution in [0.25, 0.3) is 0 Å². The van der Waals surface area contributed by atoms with Gasteiger partial charge < -0.3 is 59.9 Å². The molecule has 0 radical (unpaired) electrons. The average molecular weight is 483 g/mol. The summed E-state index contributed by atoms with van der Waals surface area (Å²) in [5, 5.41) is 42.3. The van der Waals surface area contributed by atoms with E-state index >= 15 is 0 Å². The molecule has 1 amide bonds. The van der Waals surface area contributed by atoms with E-state index in [4.69, 9.17) is 44.4 Å². The highest BCUT2D eigenvalue weighted by molar-refractivity contribution is 5.73. The first kappa shape index (κ1) is 28.3. The standard InChI is InChI=1S/C20H38N2O11/c1-10-12(8-29-6-4-23)31-20(15(16(10)26)22-11(2)25)33-18-13(9-30-7-5-24)32-19(28-3)14(21)17(18)27/h10,12-20,23-24,26-27H,4-9,21H2,1-3H3,(H,22,25). The highest BCUT2D eigenvalue weighted by atomic mass is 16.7. The summed E-state index contributed by atoms with van der Waals surface area (Å²) >= 11 is 0. The molecule has 33 heavy (non-hydrogen) atoms. The number of carbonyl (C=O) groups excluding carboxylic acids is 1. The monoisotopic (exact) mass is 482 g/mol. The number of amides is 1. The lowest BCUT2D eigenvalue weighted by molar-refractivity contribution is -0.325. The lowest BCUT2D eigenvalue weighted by atomic mass is 9.89. The molecule has 7 N–H and O–H groups in total. The van der Waals surface area contributed by atoms with E-state index in [1.165, 1.54) is 14.0 Å². The smallest absolute Gasteiger partial charge is 0.217 e. The fourth-order valence-corrected chi connectivity index (χ4v) is 3.92. The maximum Gasteiger partial charge on any atom is 0.217 e. The quantitative estimate of drug-likeness (QED) is 0.152. The number of hydrogen-bond donors (Lipinski definition) is 6. The van der Waals surface area contributed by atoms with Crippen molar-refractivity contribution in [2.24, 2.45) is 11.7 Å². The highest BCUT2D eigenvalue weighted by Crippen LogP contribution is 2.31. The van der Waals surface area contributed by atoms with Crippen LogP contribution in [0.3, 0.4) is 0 Å². The van der Waals surface area contributed by atoms with Crippen molar-refractivity contribution in [1.29, 1.82) is 0 Å². The lowest BCUT2D eigenvalue weighted by Crippen LogP contribution is -2.67. The Labute approximate surface area is 193 Å². The summed E-state index contributed by atoms with van der Waals surface area (Å²) in [5.74, 6) is -0.838. The first-order valence-corrected chi connectivity index (χ1v) is 11.0. The first-order valence-electron chi connectivity index (χ1n) is 11.0. The number of aliphatic hydroxyl groups excluding tert-OH is 4. The van der Waals surface area contributed by atoms with Crippen LogP contribution in [0.4, 0.5) is 0 Å². The molecule has 0 aliphatic carbocycles. The Morgan fingerprint density at radius 1 is 1.00 bits per heavy atom. The van der Waals surface area contributed by atoms with E-state index in [0.717, 1.165) is 0 Å². The zero-order valence-electron chi connectivity index (χ0n) is 19.2. The van der Waals surface area contributed by atoms with E-state index in [9.17, 15) is 15.0 Å². The molecule has 0 saturated carbocycles. The Balaban J connectivity index is 2.23. The van der Waals surface area contributed by atoms with Crippen molar-refractivity contribution in [3.05, 3.63) is 0 Å². The van der Waals surface area contributed by atoms with E-state index in [2.05, 4.69) is 5.32 Å². The molecule has 2 saturated heterocycles. The van der Waals surface area contributed by atoms with Crippen LogP contribution in [0.1, 0.15) is 13.8 Å². The van der Waals surface area contributed by atoms with Crippen molar-refractivity contribution >= 4 is 5.91 Å². The zero-order valence-corrected chi connectivity index (χ0v) is 19.2. The molecule has 2 heterocycles. The van der Waals surface area contributed by atoms with Crippen molar-refractivity contribution in [3.63, 3.8) is 0 Å². The topological polar surface area (TPSA) is 191 Å². The highest BCUT2D eigenvalue weighted by Gasteiger charge is 2.50. The van der Waals surface area contributed by atoms with Crippen LogP contribution in [-0.2, 0) is 33.2 Å². The van der Waals surface area contributed by atoms with Crippen molar-refractivity contribution in [1.82, 2.24) is 5.32 Å². The molecule has 13 heteroatoms. The second-order valence-electron chi connectivity index (χ2n) is 8.16. The van der Waals surface area contributed by atoms with Gasteiger partial charge in [0.1, 0.15) is 24.4 Å². The lowest BCUT2D eigenvalue weighted by Gasteiger charge is -2.48. The van der Waals surface area contributed by atoms with E-state index in [1.54, 1.807) is 6.92 Å². The van der Waals surface area contributed by atoms with Gasteiger partial charge in [-0.1, -0.05) is 6.92 Å². The summed E-state index contributed by atoms with van der Waals surface area (Å²) < 4.78 is 33.8. The first-order chi connectivity index (χ1) is 15.7. The summed E-state index contributed by atoms with van der Waals surface area (Å²) in [4.78, 5) is 11.8. The summed E-state index contributed by atoms with van der Waals surface area (Å²) in [5.41, 5.74) is 6.05. The normalized spacial score (nSPS) is 39.4. The van der Waals surface area contributed by atoms with Gasteiger partial charge in [-0.05, 0) is 0 Å². The average Bonchev–Trinajstić information content (AvgIpc) is 2.78. The van der Waals surface area contributed by atoms with Crippen LogP contribution in [0.5, 0.6) is 0 Å². The number of rotatable bonds is 12. The Kier molecular flexibility index (Phi) is 11.8. The van der Waals surface area contributed by atoms with Crippen LogP contribution in [0, 0.1) is 5.92 Å². The molecule has 0 aromatic carbocycles. The summed E-state index contributed by atoms with van der Waals surface area (Å²) in [6.45, 7) is 2.83. The van der Waals surface area contributed by atoms with Crippen LogP contribution in [0.15, 0.2) is 0 Å². The molecule has 0 aromatic heterocycles. The fraction of sp³-hybridized carbons (Fsp3) is 0.950. The minimum absolute atomic E-state index is 0.0430. The van der Waals surface area contributed by atoms with Crippen molar-refractivity contribution < 1.29 is 53.6 Å². The van der Waals surface area contributed by atoms with Gasteiger partial charge in [0.2, 0.25) is 5.91 Å². The Hall–Kier alpha value is -0.970. The molecular formula is C20H38N2O11. The predicted molar refractivity (Wildman–Crippen MR) is 112 cm³/mol. The van der Waals surface area contributed by atoms with Gasteiger partial charge in [0.25, 0.3) is 0 Å². The van der Waals surface area contributed by atoms with E-state index in [0.29, 0.717) is 0 Å². The number of hydrogen-bond acceptors (Lipinski definition) is 12. The van der Waals surface area contributed by atoms with E-state index < -0.39 is 67.0 Å². The number of aliphatic hydroxyl groups is 4. The van der Waals surface area contributed by atoms with Gasteiger partial charge in [-0.3, -0.25) is 4.79 Å². The van der Waals surface area contributed by atoms with Gasteiger partial charge in [-0.25, -0.2) is 0 Å². The number of nitrogens with two attached hydrogens (primary N) is 1. The molecule has 0 bridgehead atoms. The van der Waals surface area contributed by atoms with Crippen molar-refractivity contribution in [3.8, 4) is 0 Å². The maximum absolute atomic E-state index is 11.8. The Morgan fingerprint density at radius 2 is 1.58 bits per heavy atom. The summed E-state index contributed by atoms with van der Waals surface area (Å²) in [6, 6.07) is -1.90. The molecule has 194 valence electrons. The molecule has 2 rings (SSSR count). The SMILES string of the molecule is COC1OC(COCCO)C(OC2OC(COCCO)C(C)C(O)C2NC(C)=O)C(O)C1N. The molecule has 0 aromatic rings. The molecule has 0 spiro atoms. The maximum atomic E-state index is 11.8. The van der Waals surface area contributed by atoms with Gasteiger partial charge in [-0.15, -0.1) is 0 Å². The number of nitrogens with one attached hydrogen (secondary N) is 1. The van der Waals surface area contributed by atoms with Gasteiger partial charge in [0.05, 0.1) is 57.9 Å². The number of methoxy groups -OCH3 is 1. The minimum Gasteiger partial charge on any atom is -0.394 e. The van der Waals surface area contributed by atoms with Crippen LogP contribution in [-0.4, -0.2) is 128 Å². The van der Waals surface area contributed by atoms with Gasteiger partial charge in [0, 0.05) is 20.0 Å². The number of carbonyl (C=O) groups is 1. The third kappa shape index (κ3) is 7.50. The van der Waals surface area contributed by atoms with Crippen molar-refractivity contribution in [2.75, 3.05) is 46.8 Å². The number of ether oxygens (including phenoxy) is 6. The minimum atomic E-state index is -1.26. The molecule has 10 atom stereocenters. The third-order valence-electron chi connectivity index (χ3n) is 5.74. The summed E-state index contributed by atoms with van der Waals surface area (Å²) in [7, 11) is 1.38. The van der Waals surface area contributed by atoms with Crippen molar-refractivity contribution in [2.45, 2.75) is 69.0 Å². The second kappa shape index (κ2) is 13.8. The third-order valence-corrected chi connectivity index (χ3v) is 5.74. The Morgan fingerprint density at radius 3 is 2.12 bits per heavy atom. The fourth-order valence-electron chi connectivity index (χ4n) is 3.92. The van der Waals surface area contributed by atoms with E-state index in [-0.39, 0.29) is 39.6 Å². The van der Waals surface area contributed by atoms with Crippen LogP contribution >= 0.6 is 0 Å². The molecule has 13 nitrogen and oxygen atoms in total. The molecule has 2 fully saturated rings.